The molecule has 1 heterocycles. The summed E-state index contributed by atoms with van der Waals surface area (Å²) in [6, 6.07) is 12.4. The Balaban J connectivity index is 1.53. The predicted molar refractivity (Wildman–Crippen MR) is 97.8 cm³/mol. The number of methoxy groups -OCH3 is 1. The summed E-state index contributed by atoms with van der Waals surface area (Å²) >= 11 is 5.95. The van der Waals surface area contributed by atoms with Crippen LogP contribution in [-0.4, -0.2) is 29.8 Å². The number of halogens is 1. The summed E-state index contributed by atoms with van der Waals surface area (Å²) in [6.45, 7) is 1.46. The van der Waals surface area contributed by atoms with Crippen molar-refractivity contribution in [1.29, 1.82) is 0 Å². The van der Waals surface area contributed by atoms with E-state index in [1.165, 1.54) is 0 Å². The van der Waals surface area contributed by atoms with Crippen LogP contribution < -0.4 is 9.47 Å². The van der Waals surface area contributed by atoms with E-state index in [9.17, 15) is 4.79 Å². The van der Waals surface area contributed by atoms with E-state index >= 15 is 0 Å². The molecule has 0 fully saturated rings. The standard InChI is InChI=1S/C19H17ClN2O5/c1-12-9-13(7-8-15(12)20)25-11-18(23)26-10-17-21-19(22-27-17)14-5-3-4-6-16(14)24-2/h3-9H,10-11H2,1-2H3. The second-order valence-corrected chi connectivity index (χ2v) is 5.98. The molecule has 140 valence electrons. The minimum atomic E-state index is -0.556. The third-order valence-corrected chi connectivity index (χ3v) is 4.08. The van der Waals surface area contributed by atoms with Gasteiger partial charge in [-0.25, -0.2) is 4.79 Å². The highest BCUT2D eigenvalue weighted by Gasteiger charge is 2.14. The molecule has 3 rings (SSSR count). The number of carbonyl (C=O) groups is 1. The molecule has 0 amide bonds. The van der Waals surface area contributed by atoms with Gasteiger partial charge in [-0.15, -0.1) is 0 Å². The van der Waals surface area contributed by atoms with Crippen LogP contribution in [0.3, 0.4) is 0 Å². The summed E-state index contributed by atoms with van der Waals surface area (Å²) in [4.78, 5) is 16.0. The largest absolute Gasteiger partial charge is 0.496 e. The smallest absolute Gasteiger partial charge is 0.344 e. The molecule has 0 N–H and O–H groups in total. The van der Waals surface area contributed by atoms with Crippen molar-refractivity contribution in [2.24, 2.45) is 0 Å². The minimum Gasteiger partial charge on any atom is -0.496 e. The van der Waals surface area contributed by atoms with E-state index in [1.807, 2.05) is 19.1 Å². The van der Waals surface area contributed by atoms with Crippen molar-refractivity contribution in [2.75, 3.05) is 13.7 Å². The quantitative estimate of drug-likeness (QED) is 0.568. The van der Waals surface area contributed by atoms with E-state index in [0.29, 0.717) is 27.9 Å². The average molecular weight is 389 g/mol. The van der Waals surface area contributed by atoms with Gasteiger partial charge in [0.05, 0.1) is 12.7 Å². The van der Waals surface area contributed by atoms with Gasteiger partial charge in [-0.3, -0.25) is 0 Å². The number of aromatic nitrogens is 2. The second kappa shape index (κ2) is 8.55. The van der Waals surface area contributed by atoms with Crippen molar-refractivity contribution in [3.05, 3.63) is 58.9 Å². The molecule has 0 radical (unpaired) electrons. The van der Waals surface area contributed by atoms with E-state index in [4.69, 9.17) is 30.3 Å². The zero-order chi connectivity index (χ0) is 19.2. The normalized spacial score (nSPS) is 10.5. The first-order valence-corrected chi connectivity index (χ1v) is 8.45. The first kappa shape index (κ1) is 18.7. The topological polar surface area (TPSA) is 83.7 Å². The predicted octanol–water partition coefficient (Wildman–Crippen LogP) is 3.83. The van der Waals surface area contributed by atoms with Gasteiger partial charge >= 0.3 is 5.97 Å². The van der Waals surface area contributed by atoms with Crippen molar-refractivity contribution >= 4 is 17.6 Å². The highest BCUT2D eigenvalue weighted by Crippen LogP contribution is 2.27. The molecule has 8 heteroatoms. The summed E-state index contributed by atoms with van der Waals surface area (Å²) in [5, 5.41) is 4.51. The fraction of sp³-hybridized carbons (Fsp3) is 0.211. The summed E-state index contributed by atoms with van der Waals surface area (Å²) < 4.78 is 20.8. The average Bonchev–Trinajstić information content (AvgIpc) is 3.16. The lowest BCUT2D eigenvalue weighted by molar-refractivity contribution is -0.148. The molecule has 0 spiro atoms. The van der Waals surface area contributed by atoms with Crippen molar-refractivity contribution in [2.45, 2.75) is 13.5 Å². The Morgan fingerprint density at radius 2 is 2.04 bits per heavy atom. The number of para-hydroxylation sites is 1. The Morgan fingerprint density at radius 3 is 2.81 bits per heavy atom. The van der Waals surface area contributed by atoms with Gasteiger partial charge in [0, 0.05) is 5.02 Å². The van der Waals surface area contributed by atoms with Gasteiger partial charge in [0.15, 0.2) is 13.2 Å². The van der Waals surface area contributed by atoms with Crippen LogP contribution in [0.1, 0.15) is 11.5 Å². The van der Waals surface area contributed by atoms with Gasteiger partial charge in [0.1, 0.15) is 11.5 Å². The number of ether oxygens (including phenoxy) is 3. The van der Waals surface area contributed by atoms with E-state index < -0.39 is 5.97 Å². The van der Waals surface area contributed by atoms with Gasteiger partial charge in [0.25, 0.3) is 5.89 Å². The number of hydrogen-bond acceptors (Lipinski definition) is 7. The Bertz CT molecular complexity index is 941. The van der Waals surface area contributed by atoms with E-state index in [1.54, 1.807) is 37.4 Å². The summed E-state index contributed by atoms with van der Waals surface area (Å²) in [5.74, 6) is 1.12. The molecule has 2 aromatic carbocycles. The van der Waals surface area contributed by atoms with Crippen molar-refractivity contribution in [1.82, 2.24) is 10.1 Å². The van der Waals surface area contributed by atoms with Crippen molar-refractivity contribution < 1.29 is 23.5 Å². The molecule has 0 saturated heterocycles. The van der Waals surface area contributed by atoms with E-state index in [2.05, 4.69) is 10.1 Å². The molecule has 27 heavy (non-hydrogen) atoms. The van der Waals surface area contributed by atoms with Gasteiger partial charge in [-0.05, 0) is 42.8 Å². The van der Waals surface area contributed by atoms with Crippen molar-refractivity contribution in [3.63, 3.8) is 0 Å². The van der Waals surface area contributed by atoms with Gasteiger partial charge in [0.2, 0.25) is 5.82 Å². The summed E-state index contributed by atoms with van der Waals surface area (Å²) in [7, 11) is 1.56. The van der Waals surface area contributed by atoms with Crippen LogP contribution in [-0.2, 0) is 16.1 Å². The Labute approximate surface area is 160 Å². The lowest BCUT2D eigenvalue weighted by Gasteiger charge is -2.07. The third kappa shape index (κ3) is 4.77. The minimum absolute atomic E-state index is 0.149. The number of esters is 1. The highest BCUT2D eigenvalue weighted by atomic mass is 35.5. The first-order chi connectivity index (χ1) is 13.1. The Hall–Kier alpha value is -3.06. The molecule has 0 unspecified atom stereocenters. The maximum Gasteiger partial charge on any atom is 0.344 e. The zero-order valence-electron chi connectivity index (χ0n) is 14.8. The number of hydrogen-bond donors (Lipinski definition) is 0. The molecule has 0 aliphatic rings. The molecule has 7 nitrogen and oxygen atoms in total. The van der Waals surface area contributed by atoms with Crippen LogP contribution in [0.5, 0.6) is 11.5 Å². The Kier molecular flexibility index (Phi) is 5.93. The van der Waals surface area contributed by atoms with Gasteiger partial charge in [-0.2, -0.15) is 4.98 Å². The fourth-order valence-electron chi connectivity index (χ4n) is 2.29. The number of benzene rings is 2. The van der Waals surface area contributed by atoms with E-state index in [-0.39, 0.29) is 19.1 Å². The molecular weight excluding hydrogens is 372 g/mol. The van der Waals surface area contributed by atoms with Crippen LogP contribution in [0, 0.1) is 6.92 Å². The maximum atomic E-state index is 11.8. The van der Waals surface area contributed by atoms with Crippen LogP contribution in [0.4, 0.5) is 0 Å². The summed E-state index contributed by atoms with van der Waals surface area (Å²) in [5.41, 5.74) is 1.54. The molecule has 3 aromatic rings. The fourth-order valence-corrected chi connectivity index (χ4v) is 2.40. The SMILES string of the molecule is COc1ccccc1-c1noc(COC(=O)COc2ccc(Cl)c(C)c2)n1. The molecule has 0 saturated carbocycles. The highest BCUT2D eigenvalue weighted by molar-refractivity contribution is 6.31. The van der Waals surface area contributed by atoms with Gasteiger partial charge in [-0.1, -0.05) is 28.9 Å². The molecule has 1 aromatic heterocycles. The number of rotatable bonds is 7. The second-order valence-electron chi connectivity index (χ2n) is 5.57. The monoisotopic (exact) mass is 388 g/mol. The Morgan fingerprint density at radius 1 is 1.22 bits per heavy atom. The van der Waals surface area contributed by atoms with Crippen LogP contribution in [0.2, 0.25) is 5.02 Å². The van der Waals surface area contributed by atoms with Crippen LogP contribution in [0.25, 0.3) is 11.4 Å². The lowest BCUT2D eigenvalue weighted by Crippen LogP contribution is -2.14. The maximum absolute atomic E-state index is 11.8. The molecular formula is C19H17ClN2O5. The molecule has 0 aliphatic heterocycles. The first-order valence-electron chi connectivity index (χ1n) is 8.07. The molecule has 0 bridgehead atoms. The van der Waals surface area contributed by atoms with Gasteiger partial charge < -0.3 is 18.7 Å². The summed E-state index contributed by atoms with van der Waals surface area (Å²) in [6.07, 6.45) is 0. The third-order valence-electron chi connectivity index (χ3n) is 3.66. The molecule has 0 aliphatic carbocycles. The van der Waals surface area contributed by atoms with Crippen LogP contribution in [0.15, 0.2) is 47.0 Å². The lowest BCUT2D eigenvalue weighted by atomic mass is 10.2. The van der Waals surface area contributed by atoms with E-state index in [0.717, 1.165) is 5.56 Å². The van der Waals surface area contributed by atoms with Crippen molar-refractivity contribution in [3.8, 4) is 22.9 Å². The number of nitrogens with zero attached hydrogens (tertiary/aromatic N) is 2. The van der Waals surface area contributed by atoms with Crippen LogP contribution >= 0.6 is 11.6 Å². The molecule has 0 atom stereocenters. The zero-order valence-corrected chi connectivity index (χ0v) is 15.5. The number of carbonyl (C=O) groups excluding carboxylic acids is 1. The number of aryl methyl sites for hydroxylation is 1.